The fourth-order valence-electron chi connectivity index (χ4n) is 3.20. The predicted molar refractivity (Wildman–Crippen MR) is 109 cm³/mol. The Hall–Kier alpha value is -1.64. The van der Waals surface area contributed by atoms with Gasteiger partial charge in [-0.15, -0.1) is 24.0 Å². The van der Waals surface area contributed by atoms with Gasteiger partial charge in [0.15, 0.2) is 5.96 Å². The topological polar surface area (TPSA) is 45.5 Å². The molecule has 1 aliphatic rings. The summed E-state index contributed by atoms with van der Waals surface area (Å²) in [5, 5.41) is 3.39. The van der Waals surface area contributed by atoms with Gasteiger partial charge in [-0.3, -0.25) is 4.99 Å². The summed E-state index contributed by atoms with van der Waals surface area (Å²) >= 11 is 0. The average molecular weight is 457 g/mol. The zero-order valence-corrected chi connectivity index (χ0v) is 17.0. The Bertz CT molecular complexity index is 698. The van der Waals surface area contributed by atoms with Crippen LogP contribution in [-0.4, -0.2) is 40.5 Å². The van der Waals surface area contributed by atoms with Gasteiger partial charge in [-0.05, 0) is 36.5 Å². The first kappa shape index (κ1) is 19.7. The van der Waals surface area contributed by atoms with Crippen molar-refractivity contribution in [2.24, 2.45) is 18.0 Å². The van der Waals surface area contributed by atoms with Crippen LogP contribution in [0.25, 0.3) is 0 Å². The van der Waals surface area contributed by atoms with E-state index in [0.717, 1.165) is 37.7 Å². The van der Waals surface area contributed by atoms with Crippen LogP contribution in [0.4, 0.5) is 4.39 Å². The number of aromatic nitrogens is 2. The van der Waals surface area contributed by atoms with Gasteiger partial charge in [0.05, 0.1) is 6.54 Å². The molecule has 1 aromatic heterocycles. The number of aryl methyl sites for hydroxylation is 1. The third kappa shape index (κ3) is 5.17. The second-order valence-corrected chi connectivity index (χ2v) is 6.29. The number of benzene rings is 1. The van der Waals surface area contributed by atoms with Crippen LogP contribution in [0.5, 0.6) is 0 Å². The fraction of sp³-hybridized carbons (Fsp3) is 0.444. The van der Waals surface area contributed by atoms with Crippen LogP contribution in [0, 0.1) is 11.7 Å². The van der Waals surface area contributed by atoms with E-state index < -0.39 is 0 Å². The summed E-state index contributed by atoms with van der Waals surface area (Å²) in [6.45, 7) is 2.62. The van der Waals surface area contributed by atoms with Gasteiger partial charge in [0.1, 0.15) is 11.6 Å². The molecule has 5 nitrogen and oxygen atoms in total. The number of nitrogens with one attached hydrogen (secondary N) is 1. The summed E-state index contributed by atoms with van der Waals surface area (Å²) in [5.74, 6) is 2.30. The lowest BCUT2D eigenvalue weighted by Crippen LogP contribution is -2.40. The molecule has 1 aromatic carbocycles. The molecular weight excluding hydrogens is 432 g/mol. The van der Waals surface area contributed by atoms with E-state index in [0.29, 0.717) is 12.5 Å². The Balaban J connectivity index is 0.00000225. The zero-order valence-electron chi connectivity index (χ0n) is 14.7. The van der Waals surface area contributed by atoms with Crippen LogP contribution in [0.2, 0.25) is 0 Å². The molecule has 1 saturated heterocycles. The molecule has 3 rings (SSSR count). The highest BCUT2D eigenvalue weighted by Gasteiger charge is 2.25. The van der Waals surface area contributed by atoms with E-state index >= 15 is 0 Å². The molecule has 0 amide bonds. The van der Waals surface area contributed by atoms with Crippen molar-refractivity contribution in [2.45, 2.75) is 19.4 Å². The first-order valence-corrected chi connectivity index (χ1v) is 8.32. The van der Waals surface area contributed by atoms with Crippen molar-refractivity contribution in [3.63, 3.8) is 0 Å². The van der Waals surface area contributed by atoms with Crippen LogP contribution in [0.3, 0.4) is 0 Å². The smallest absolute Gasteiger partial charge is 0.194 e. The predicted octanol–water partition coefficient (Wildman–Crippen LogP) is 2.82. The minimum absolute atomic E-state index is 0. The summed E-state index contributed by atoms with van der Waals surface area (Å²) in [5.41, 5.74) is 1.19. The van der Waals surface area contributed by atoms with Gasteiger partial charge in [0.25, 0.3) is 0 Å². The molecule has 7 heteroatoms. The molecule has 0 spiro atoms. The highest BCUT2D eigenvalue weighted by atomic mass is 127. The molecule has 2 aromatic rings. The summed E-state index contributed by atoms with van der Waals surface area (Å²) in [6.07, 6.45) is 5.84. The lowest BCUT2D eigenvalue weighted by Gasteiger charge is -2.21. The highest BCUT2D eigenvalue weighted by molar-refractivity contribution is 14.0. The first-order chi connectivity index (χ1) is 11.7. The molecule has 1 N–H and O–H groups in total. The van der Waals surface area contributed by atoms with E-state index in [1.54, 1.807) is 6.20 Å². The van der Waals surface area contributed by atoms with E-state index in [1.165, 1.54) is 17.7 Å². The average Bonchev–Trinajstić information content (AvgIpc) is 3.20. The van der Waals surface area contributed by atoms with Crippen LogP contribution < -0.4 is 5.32 Å². The molecule has 1 aliphatic heterocycles. The quantitative estimate of drug-likeness (QED) is 0.437. The third-order valence-corrected chi connectivity index (χ3v) is 4.56. The largest absolute Gasteiger partial charge is 0.349 e. The molecule has 0 radical (unpaired) electrons. The van der Waals surface area contributed by atoms with Gasteiger partial charge in [0.2, 0.25) is 0 Å². The highest BCUT2D eigenvalue weighted by Crippen LogP contribution is 2.21. The van der Waals surface area contributed by atoms with Crippen molar-refractivity contribution < 1.29 is 4.39 Å². The maximum atomic E-state index is 13.0. The minimum atomic E-state index is -0.175. The third-order valence-electron chi connectivity index (χ3n) is 4.56. The zero-order chi connectivity index (χ0) is 16.9. The Labute approximate surface area is 165 Å². The van der Waals surface area contributed by atoms with Crippen molar-refractivity contribution in [2.75, 3.05) is 20.1 Å². The molecule has 0 bridgehead atoms. The summed E-state index contributed by atoms with van der Waals surface area (Å²) in [4.78, 5) is 11.0. The Morgan fingerprint density at radius 1 is 1.36 bits per heavy atom. The van der Waals surface area contributed by atoms with Crippen LogP contribution in [0.15, 0.2) is 41.7 Å². The maximum Gasteiger partial charge on any atom is 0.194 e. The lowest BCUT2D eigenvalue weighted by atomic mass is 9.99. The van der Waals surface area contributed by atoms with Gasteiger partial charge < -0.3 is 14.8 Å². The lowest BCUT2D eigenvalue weighted by molar-refractivity contribution is 0.458. The van der Waals surface area contributed by atoms with Crippen molar-refractivity contribution in [3.8, 4) is 0 Å². The molecule has 1 atom stereocenters. The van der Waals surface area contributed by atoms with Gasteiger partial charge in [0, 0.05) is 39.6 Å². The second kappa shape index (κ2) is 9.17. The summed E-state index contributed by atoms with van der Waals surface area (Å²) < 4.78 is 15.0. The number of halogens is 2. The molecule has 1 unspecified atom stereocenters. The van der Waals surface area contributed by atoms with Gasteiger partial charge in [-0.2, -0.15) is 0 Å². The Morgan fingerprint density at radius 2 is 2.12 bits per heavy atom. The normalized spacial score (nSPS) is 17.5. The standard InChI is InChI=1S/C18H24FN5.HI/c1-20-18(22-12-17-21-8-10-23(17)2)24-9-7-15(13-24)11-14-3-5-16(19)6-4-14;/h3-6,8,10,15H,7,9,11-13H2,1-2H3,(H,20,22);1H. The van der Waals surface area contributed by atoms with Crippen molar-refractivity contribution >= 4 is 29.9 Å². The second-order valence-electron chi connectivity index (χ2n) is 6.29. The van der Waals surface area contributed by atoms with Crippen LogP contribution in [-0.2, 0) is 20.0 Å². The van der Waals surface area contributed by atoms with E-state index in [9.17, 15) is 4.39 Å². The number of hydrogen-bond donors (Lipinski definition) is 1. The number of aliphatic imine (C=N–C) groups is 1. The fourth-order valence-corrected chi connectivity index (χ4v) is 3.20. The SMILES string of the molecule is CN=C(NCc1nccn1C)N1CCC(Cc2ccc(F)cc2)C1.I. The number of likely N-dealkylation sites (tertiary alicyclic amines) is 1. The molecule has 0 aliphatic carbocycles. The van der Waals surface area contributed by atoms with E-state index in [2.05, 4.69) is 20.2 Å². The monoisotopic (exact) mass is 457 g/mol. The van der Waals surface area contributed by atoms with Gasteiger partial charge >= 0.3 is 0 Å². The molecule has 2 heterocycles. The van der Waals surface area contributed by atoms with Crippen LogP contribution in [0.1, 0.15) is 17.8 Å². The molecule has 136 valence electrons. The summed E-state index contributed by atoms with van der Waals surface area (Å²) in [7, 11) is 3.80. The Morgan fingerprint density at radius 3 is 2.76 bits per heavy atom. The molecule has 0 saturated carbocycles. The van der Waals surface area contributed by atoms with Crippen molar-refractivity contribution in [1.82, 2.24) is 19.8 Å². The molecule has 1 fully saturated rings. The van der Waals surface area contributed by atoms with Gasteiger partial charge in [-0.25, -0.2) is 9.37 Å². The maximum absolute atomic E-state index is 13.0. The molecule has 25 heavy (non-hydrogen) atoms. The first-order valence-electron chi connectivity index (χ1n) is 8.32. The summed E-state index contributed by atoms with van der Waals surface area (Å²) in [6, 6.07) is 6.84. The minimum Gasteiger partial charge on any atom is -0.349 e. The number of rotatable bonds is 4. The van der Waals surface area contributed by atoms with Crippen molar-refractivity contribution in [1.29, 1.82) is 0 Å². The number of imidazole rings is 1. The van der Waals surface area contributed by atoms with E-state index in [1.807, 2.05) is 37.0 Å². The van der Waals surface area contributed by atoms with Crippen molar-refractivity contribution in [3.05, 3.63) is 53.9 Å². The number of nitrogens with zero attached hydrogens (tertiary/aromatic N) is 4. The van der Waals surface area contributed by atoms with Gasteiger partial charge in [-0.1, -0.05) is 12.1 Å². The Kier molecular flexibility index (Phi) is 7.22. The van der Waals surface area contributed by atoms with Crippen LogP contribution >= 0.6 is 24.0 Å². The van der Waals surface area contributed by atoms with E-state index in [-0.39, 0.29) is 29.8 Å². The molecular formula is C18H25FIN5. The number of guanidine groups is 1. The van der Waals surface area contributed by atoms with E-state index in [4.69, 9.17) is 0 Å². The number of hydrogen-bond acceptors (Lipinski definition) is 2.